The highest BCUT2D eigenvalue weighted by molar-refractivity contribution is 7.29. The van der Waals surface area contributed by atoms with Crippen LogP contribution in [0.25, 0.3) is 31.0 Å². The normalized spacial score (nSPS) is 11.2. The van der Waals surface area contributed by atoms with Crippen LogP contribution in [0.1, 0.15) is 10.4 Å². The van der Waals surface area contributed by atoms with Crippen molar-refractivity contribution in [2.75, 3.05) is 0 Å². The first-order chi connectivity index (χ1) is 10.7. The summed E-state index contributed by atoms with van der Waals surface area (Å²) in [5.41, 5.74) is 5.36. The summed E-state index contributed by atoms with van der Waals surface area (Å²) in [6, 6.07) is 21.7. The molecule has 0 amide bonds. The molecule has 2 heteroatoms. The number of thiophene rings is 2. The highest BCUT2D eigenvalue weighted by Gasteiger charge is 2.13. The van der Waals surface area contributed by atoms with Gasteiger partial charge < -0.3 is 0 Å². The van der Waals surface area contributed by atoms with Gasteiger partial charge in [0.25, 0.3) is 0 Å². The Labute approximate surface area is 138 Å². The van der Waals surface area contributed by atoms with Gasteiger partial charge in [-0.25, -0.2) is 0 Å². The average molecular weight is 320 g/mol. The second kappa shape index (κ2) is 5.38. The molecule has 0 unspecified atom stereocenters. The summed E-state index contributed by atoms with van der Waals surface area (Å²) in [7, 11) is 0. The zero-order chi connectivity index (χ0) is 15.1. The van der Waals surface area contributed by atoms with E-state index >= 15 is 0 Å². The molecule has 0 saturated heterocycles. The van der Waals surface area contributed by atoms with Gasteiger partial charge in [0.1, 0.15) is 0 Å². The summed E-state index contributed by atoms with van der Waals surface area (Å²) in [5, 5.41) is 0. The lowest BCUT2D eigenvalue weighted by atomic mass is 9.99. The first-order valence-corrected chi connectivity index (χ1v) is 9.01. The molecule has 2 aromatic carbocycles. The molecular weight excluding hydrogens is 304 g/mol. The van der Waals surface area contributed by atoms with E-state index < -0.39 is 0 Å². The third kappa shape index (κ3) is 2.20. The minimum atomic E-state index is 1.28. The maximum absolute atomic E-state index is 2.35. The summed E-state index contributed by atoms with van der Waals surface area (Å²) < 4.78 is 2.86. The Morgan fingerprint density at radius 2 is 1.41 bits per heavy atom. The van der Waals surface area contributed by atoms with E-state index in [4.69, 9.17) is 0 Å². The molecule has 0 fully saturated rings. The van der Waals surface area contributed by atoms with Crippen LogP contribution in [-0.4, -0.2) is 0 Å². The van der Waals surface area contributed by atoms with Crippen molar-refractivity contribution in [1.29, 1.82) is 0 Å². The molecule has 0 aliphatic heterocycles. The third-order valence-corrected chi connectivity index (χ3v) is 6.68. The third-order valence-electron chi connectivity index (χ3n) is 4.11. The Kier molecular flexibility index (Phi) is 3.36. The summed E-state index contributed by atoms with van der Waals surface area (Å²) in [6.45, 7) is 4.45. The Balaban J connectivity index is 1.92. The lowest BCUT2D eigenvalue weighted by Crippen LogP contribution is -1.81. The SMILES string of the molecule is Cc1sc2cc(-c3ccccc3-c3ccccc3)sc2c1C. The van der Waals surface area contributed by atoms with E-state index in [2.05, 4.69) is 74.5 Å². The predicted molar refractivity (Wildman–Crippen MR) is 100 cm³/mol. The highest BCUT2D eigenvalue weighted by Crippen LogP contribution is 2.43. The van der Waals surface area contributed by atoms with Gasteiger partial charge in [-0.1, -0.05) is 54.6 Å². The van der Waals surface area contributed by atoms with E-state index in [-0.39, 0.29) is 0 Å². The molecule has 0 aliphatic carbocycles. The molecular formula is C20H16S2. The van der Waals surface area contributed by atoms with Crippen molar-refractivity contribution in [3.05, 3.63) is 71.1 Å². The van der Waals surface area contributed by atoms with Crippen LogP contribution in [0.2, 0.25) is 0 Å². The average Bonchev–Trinajstić information content (AvgIpc) is 3.08. The molecule has 0 N–H and O–H groups in total. The fourth-order valence-electron chi connectivity index (χ4n) is 2.81. The van der Waals surface area contributed by atoms with Crippen LogP contribution in [0, 0.1) is 13.8 Å². The Hall–Kier alpha value is -1.90. The quantitative estimate of drug-likeness (QED) is 0.376. The second-order valence-electron chi connectivity index (χ2n) is 5.50. The van der Waals surface area contributed by atoms with Gasteiger partial charge >= 0.3 is 0 Å². The van der Waals surface area contributed by atoms with Gasteiger partial charge in [0.2, 0.25) is 0 Å². The lowest BCUT2D eigenvalue weighted by molar-refractivity contribution is 1.48. The van der Waals surface area contributed by atoms with Crippen LogP contribution in [0.3, 0.4) is 0 Å². The van der Waals surface area contributed by atoms with Crippen LogP contribution < -0.4 is 0 Å². The first kappa shape index (κ1) is 13.7. The van der Waals surface area contributed by atoms with Gasteiger partial charge in [-0.2, -0.15) is 0 Å². The molecule has 0 radical (unpaired) electrons. The van der Waals surface area contributed by atoms with E-state index in [0.717, 1.165) is 0 Å². The van der Waals surface area contributed by atoms with Gasteiger partial charge in [-0.15, -0.1) is 22.7 Å². The van der Waals surface area contributed by atoms with Crippen molar-refractivity contribution in [3.8, 4) is 21.6 Å². The molecule has 4 rings (SSSR count). The van der Waals surface area contributed by atoms with Crippen LogP contribution in [0.5, 0.6) is 0 Å². The van der Waals surface area contributed by atoms with Gasteiger partial charge in [-0.05, 0) is 42.2 Å². The van der Waals surface area contributed by atoms with Crippen molar-refractivity contribution in [1.82, 2.24) is 0 Å². The van der Waals surface area contributed by atoms with Gasteiger partial charge in [0.05, 0.1) is 0 Å². The maximum Gasteiger partial charge on any atom is 0.0489 e. The molecule has 0 nitrogen and oxygen atoms in total. The zero-order valence-electron chi connectivity index (χ0n) is 12.6. The van der Waals surface area contributed by atoms with E-state index in [1.807, 2.05) is 22.7 Å². The molecule has 0 bridgehead atoms. The van der Waals surface area contributed by atoms with Gasteiger partial charge in [0, 0.05) is 19.2 Å². The van der Waals surface area contributed by atoms with Crippen molar-refractivity contribution in [2.24, 2.45) is 0 Å². The summed E-state index contributed by atoms with van der Waals surface area (Å²) in [4.78, 5) is 2.80. The van der Waals surface area contributed by atoms with E-state index in [1.165, 1.54) is 41.4 Å². The van der Waals surface area contributed by atoms with Crippen LogP contribution in [0.4, 0.5) is 0 Å². The Bertz CT molecular complexity index is 942. The summed E-state index contributed by atoms with van der Waals surface area (Å²) in [5.74, 6) is 0. The smallest absolute Gasteiger partial charge is 0.0489 e. The van der Waals surface area contributed by atoms with Gasteiger partial charge in [-0.3, -0.25) is 0 Å². The van der Waals surface area contributed by atoms with Crippen LogP contribution >= 0.6 is 22.7 Å². The van der Waals surface area contributed by atoms with E-state index in [1.54, 1.807) is 0 Å². The zero-order valence-corrected chi connectivity index (χ0v) is 14.2. The maximum atomic E-state index is 2.35. The van der Waals surface area contributed by atoms with E-state index in [9.17, 15) is 0 Å². The largest absolute Gasteiger partial charge is 0.139 e. The predicted octanol–water partition coefficient (Wildman–Crippen LogP) is 6.91. The van der Waals surface area contributed by atoms with Crippen molar-refractivity contribution < 1.29 is 0 Å². The van der Waals surface area contributed by atoms with Crippen LogP contribution in [-0.2, 0) is 0 Å². The molecule has 0 aliphatic rings. The molecule has 2 heterocycles. The summed E-state index contributed by atoms with van der Waals surface area (Å²) >= 11 is 3.82. The molecule has 22 heavy (non-hydrogen) atoms. The number of rotatable bonds is 2. The fourth-order valence-corrected chi connectivity index (χ4v) is 5.36. The summed E-state index contributed by atoms with van der Waals surface area (Å²) in [6.07, 6.45) is 0. The number of fused-ring (bicyclic) bond motifs is 1. The van der Waals surface area contributed by atoms with Crippen molar-refractivity contribution in [3.63, 3.8) is 0 Å². The molecule has 0 saturated carbocycles. The Morgan fingerprint density at radius 1 is 0.727 bits per heavy atom. The molecule has 108 valence electrons. The number of hydrogen-bond donors (Lipinski definition) is 0. The molecule has 2 aromatic heterocycles. The minimum absolute atomic E-state index is 1.28. The van der Waals surface area contributed by atoms with Crippen molar-refractivity contribution >= 4 is 32.1 Å². The number of benzene rings is 2. The molecule has 0 spiro atoms. The second-order valence-corrected chi connectivity index (χ2v) is 7.81. The van der Waals surface area contributed by atoms with Crippen LogP contribution in [0.15, 0.2) is 60.7 Å². The standard InChI is InChI=1S/C20H16S2/c1-13-14(2)21-19-12-18(22-20(13)19)17-11-7-6-10-16(17)15-8-4-3-5-9-15/h3-12H,1-2H3. The number of hydrogen-bond acceptors (Lipinski definition) is 2. The first-order valence-electron chi connectivity index (χ1n) is 7.38. The molecule has 0 atom stereocenters. The lowest BCUT2D eigenvalue weighted by Gasteiger charge is -2.08. The van der Waals surface area contributed by atoms with Gasteiger partial charge in [0.15, 0.2) is 0 Å². The highest BCUT2D eigenvalue weighted by atomic mass is 32.1. The number of aryl methyl sites for hydroxylation is 2. The monoisotopic (exact) mass is 320 g/mol. The van der Waals surface area contributed by atoms with Crippen molar-refractivity contribution in [2.45, 2.75) is 13.8 Å². The Morgan fingerprint density at radius 3 is 2.14 bits per heavy atom. The molecule has 4 aromatic rings. The topological polar surface area (TPSA) is 0 Å². The fraction of sp³-hybridized carbons (Fsp3) is 0.100. The minimum Gasteiger partial charge on any atom is -0.139 e. The van der Waals surface area contributed by atoms with E-state index in [0.29, 0.717) is 0 Å².